The van der Waals surface area contributed by atoms with Gasteiger partial charge in [0.05, 0.1) is 6.54 Å². The van der Waals surface area contributed by atoms with Gasteiger partial charge in [-0.05, 0) is 18.2 Å². The van der Waals surface area contributed by atoms with Gasteiger partial charge in [0.25, 0.3) is 5.91 Å². The molecule has 0 unspecified atom stereocenters. The van der Waals surface area contributed by atoms with Crippen LogP contribution in [-0.4, -0.2) is 65.1 Å². The number of carbonyl (C=O) groups is 1. The second kappa shape index (κ2) is 8.22. The molecule has 23 heavy (non-hydrogen) atoms. The summed E-state index contributed by atoms with van der Waals surface area (Å²) < 4.78 is 1.16. The van der Waals surface area contributed by atoms with Gasteiger partial charge in [0.2, 0.25) is 0 Å². The molecule has 3 rings (SSSR count). The second-order valence-corrected chi connectivity index (χ2v) is 7.97. The van der Waals surface area contributed by atoms with Gasteiger partial charge in [-0.1, -0.05) is 48.6 Å². The van der Waals surface area contributed by atoms with E-state index in [0.29, 0.717) is 0 Å². The largest absolute Gasteiger partial charge is 0.336 e. The Bertz CT molecular complexity index is 583. The minimum Gasteiger partial charge on any atom is -0.336 e. The molecule has 0 saturated carbocycles. The van der Waals surface area contributed by atoms with Crippen LogP contribution >= 0.6 is 23.5 Å². The van der Waals surface area contributed by atoms with E-state index in [-0.39, 0.29) is 5.91 Å². The first-order valence-corrected chi connectivity index (χ1v) is 10.1. The number of hydrogen-bond donors (Lipinski definition) is 0. The number of hydrogen-bond acceptors (Lipinski definition) is 5. The first kappa shape index (κ1) is 16.9. The number of nitrogens with zero attached hydrogens (tertiary/aromatic N) is 3. The highest BCUT2D eigenvalue weighted by Gasteiger charge is 2.23. The van der Waals surface area contributed by atoms with Gasteiger partial charge in [-0.25, -0.2) is 0 Å². The smallest absolute Gasteiger partial charge is 0.254 e. The van der Waals surface area contributed by atoms with Crippen molar-refractivity contribution < 1.29 is 4.79 Å². The number of likely N-dealkylation sites (N-methyl/N-ethyl adjacent to an activating group) is 1. The van der Waals surface area contributed by atoms with Crippen molar-refractivity contribution in [2.24, 2.45) is 4.99 Å². The van der Waals surface area contributed by atoms with Gasteiger partial charge in [0, 0.05) is 43.2 Å². The van der Waals surface area contributed by atoms with Crippen LogP contribution in [-0.2, 0) is 5.75 Å². The lowest BCUT2D eigenvalue weighted by molar-refractivity contribution is 0.0642. The van der Waals surface area contributed by atoms with Gasteiger partial charge in [0.1, 0.15) is 4.38 Å². The van der Waals surface area contributed by atoms with Crippen molar-refractivity contribution in [2.75, 3.05) is 45.0 Å². The van der Waals surface area contributed by atoms with Crippen LogP contribution in [0.2, 0.25) is 0 Å². The molecular formula is C17H23N3OS2. The summed E-state index contributed by atoms with van der Waals surface area (Å²) in [5.74, 6) is 2.09. The average Bonchev–Trinajstić information content (AvgIpc) is 3.13. The predicted molar refractivity (Wildman–Crippen MR) is 101 cm³/mol. The molecule has 2 heterocycles. The van der Waals surface area contributed by atoms with Gasteiger partial charge < -0.3 is 9.80 Å². The van der Waals surface area contributed by atoms with Crippen LogP contribution in [0.1, 0.15) is 22.8 Å². The van der Waals surface area contributed by atoms with E-state index in [1.54, 1.807) is 11.8 Å². The average molecular weight is 350 g/mol. The summed E-state index contributed by atoms with van der Waals surface area (Å²) >= 11 is 3.57. The van der Waals surface area contributed by atoms with Crippen LogP contribution in [0.25, 0.3) is 0 Å². The molecule has 1 aromatic rings. The third-order valence-corrected chi connectivity index (χ3v) is 6.56. The van der Waals surface area contributed by atoms with E-state index in [4.69, 9.17) is 0 Å². The van der Waals surface area contributed by atoms with Crippen LogP contribution in [0.5, 0.6) is 0 Å². The molecule has 0 atom stereocenters. The van der Waals surface area contributed by atoms with E-state index in [2.05, 4.69) is 22.9 Å². The Morgan fingerprint density at radius 3 is 2.74 bits per heavy atom. The SMILES string of the molecule is CCN1CCN(C(=O)c2ccccc2CSC2=NCCS2)CC1. The van der Waals surface area contributed by atoms with E-state index >= 15 is 0 Å². The van der Waals surface area contributed by atoms with Gasteiger partial charge in [-0.3, -0.25) is 9.79 Å². The molecule has 2 aliphatic rings. The van der Waals surface area contributed by atoms with Crippen LogP contribution in [0.15, 0.2) is 29.3 Å². The zero-order chi connectivity index (χ0) is 16.1. The Kier molecular flexibility index (Phi) is 6.02. The van der Waals surface area contributed by atoms with Crippen LogP contribution in [0.4, 0.5) is 0 Å². The minimum atomic E-state index is 0.179. The van der Waals surface area contributed by atoms with Crippen LogP contribution in [0, 0.1) is 0 Å². The second-order valence-electron chi connectivity index (χ2n) is 5.67. The Morgan fingerprint density at radius 1 is 1.26 bits per heavy atom. The molecule has 0 spiro atoms. The Labute approximate surface area is 146 Å². The molecule has 0 aromatic heterocycles. The predicted octanol–water partition coefficient (Wildman–Crippen LogP) is 2.80. The van der Waals surface area contributed by atoms with Crippen molar-refractivity contribution in [3.8, 4) is 0 Å². The van der Waals surface area contributed by atoms with Crippen LogP contribution < -0.4 is 0 Å². The van der Waals surface area contributed by atoms with E-state index < -0.39 is 0 Å². The standard InChI is InChI=1S/C17H23N3OS2/c1-2-19-8-10-20(11-9-19)16(21)15-6-4-3-5-14(15)13-23-17-18-7-12-22-17/h3-6H,2,7-13H2,1H3. The maximum absolute atomic E-state index is 12.9. The van der Waals surface area contributed by atoms with Crippen molar-refractivity contribution in [3.63, 3.8) is 0 Å². The maximum atomic E-state index is 12.9. The molecule has 6 heteroatoms. The fourth-order valence-corrected chi connectivity index (χ4v) is 4.85. The van der Waals surface area contributed by atoms with Crippen LogP contribution in [0.3, 0.4) is 0 Å². The molecule has 0 aliphatic carbocycles. The topological polar surface area (TPSA) is 35.9 Å². The minimum absolute atomic E-state index is 0.179. The number of carbonyl (C=O) groups excluding carboxylic acids is 1. The molecular weight excluding hydrogens is 326 g/mol. The molecule has 0 radical (unpaired) electrons. The lowest BCUT2D eigenvalue weighted by atomic mass is 10.1. The van der Waals surface area contributed by atoms with E-state index in [0.717, 1.165) is 66.3 Å². The normalized spacial score (nSPS) is 19.0. The molecule has 1 aromatic carbocycles. The van der Waals surface area contributed by atoms with Crippen molar-refractivity contribution in [3.05, 3.63) is 35.4 Å². The summed E-state index contributed by atoms with van der Waals surface area (Å²) in [4.78, 5) is 21.7. The molecule has 2 aliphatic heterocycles. The number of piperazine rings is 1. The van der Waals surface area contributed by atoms with E-state index in [1.807, 2.05) is 34.9 Å². The Balaban J connectivity index is 1.65. The lowest BCUT2D eigenvalue weighted by Crippen LogP contribution is -2.48. The molecule has 0 N–H and O–H groups in total. The van der Waals surface area contributed by atoms with Crippen molar-refractivity contribution in [1.82, 2.24) is 9.80 Å². The first-order chi connectivity index (χ1) is 11.3. The van der Waals surface area contributed by atoms with Crippen molar-refractivity contribution >= 4 is 33.8 Å². The molecule has 0 bridgehead atoms. The fraction of sp³-hybridized carbons (Fsp3) is 0.529. The number of amides is 1. The lowest BCUT2D eigenvalue weighted by Gasteiger charge is -2.34. The quantitative estimate of drug-likeness (QED) is 0.837. The summed E-state index contributed by atoms with van der Waals surface area (Å²) in [6, 6.07) is 8.02. The highest BCUT2D eigenvalue weighted by molar-refractivity contribution is 8.38. The Hall–Kier alpha value is -0.980. The van der Waals surface area contributed by atoms with Crippen molar-refractivity contribution in [2.45, 2.75) is 12.7 Å². The zero-order valence-electron chi connectivity index (χ0n) is 13.5. The van der Waals surface area contributed by atoms with Gasteiger partial charge >= 0.3 is 0 Å². The molecule has 1 amide bonds. The third-order valence-electron chi connectivity index (χ3n) is 4.26. The van der Waals surface area contributed by atoms with Gasteiger partial charge in [-0.2, -0.15) is 0 Å². The summed E-state index contributed by atoms with van der Waals surface area (Å²) in [7, 11) is 0. The van der Waals surface area contributed by atoms with Crippen molar-refractivity contribution in [1.29, 1.82) is 0 Å². The molecule has 1 fully saturated rings. The number of thioether (sulfide) groups is 2. The first-order valence-electron chi connectivity index (χ1n) is 8.17. The fourth-order valence-electron chi connectivity index (χ4n) is 2.83. The summed E-state index contributed by atoms with van der Waals surface area (Å²) in [6.07, 6.45) is 0. The highest BCUT2D eigenvalue weighted by Crippen LogP contribution is 2.27. The molecule has 1 saturated heterocycles. The van der Waals surface area contributed by atoms with Gasteiger partial charge in [0.15, 0.2) is 0 Å². The molecule has 4 nitrogen and oxygen atoms in total. The number of aliphatic imine (C=N–C) groups is 1. The summed E-state index contributed by atoms with van der Waals surface area (Å²) in [6.45, 7) is 7.78. The Morgan fingerprint density at radius 2 is 2.04 bits per heavy atom. The summed E-state index contributed by atoms with van der Waals surface area (Å²) in [5, 5.41) is 0. The molecule has 124 valence electrons. The van der Waals surface area contributed by atoms with E-state index in [9.17, 15) is 4.79 Å². The third kappa shape index (κ3) is 4.31. The number of benzene rings is 1. The zero-order valence-corrected chi connectivity index (χ0v) is 15.2. The monoisotopic (exact) mass is 349 g/mol. The maximum Gasteiger partial charge on any atom is 0.254 e. The number of rotatable bonds is 4. The van der Waals surface area contributed by atoms with E-state index in [1.165, 1.54) is 0 Å². The summed E-state index contributed by atoms with van der Waals surface area (Å²) in [5.41, 5.74) is 1.98. The highest BCUT2D eigenvalue weighted by atomic mass is 32.2. The van der Waals surface area contributed by atoms with Gasteiger partial charge in [-0.15, -0.1) is 0 Å².